The number of nitrogens with zero attached hydrogens (tertiary/aromatic N) is 2. The van der Waals surface area contributed by atoms with Crippen LogP contribution in [0.3, 0.4) is 0 Å². The Balaban J connectivity index is 2.62. The molecule has 0 radical (unpaired) electrons. The van der Waals surface area contributed by atoms with Crippen LogP contribution in [0, 0.1) is 3.57 Å². The number of hydrogen-bond donors (Lipinski definition) is 1. The first-order valence-electron chi connectivity index (χ1n) is 5.25. The van der Waals surface area contributed by atoms with Crippen LogP contribution in [0.15, 0.2) is 18.5 Å². The molecule has 0 bridgehead atoms. The maximum absolute atomic E-state index is 7.17. The van der Waals surface area contributed by atoms with Gasteiger partial charge in [-0.25, -0.2) is 9.97 Å². The molecule has 0 saturated carbocycles. The Kier molecular flexibility index (Phi) is 1.87. The zero-order valence-electron chi connectivity index (χ0n) is 9.88. The van der Waals surface area contributed by atoms with E-state index in [4.69, 9.17) is 15.7 Å². The van der Waals surface area contributed by atoms with Crippen molar-refractivity contribution < 1.29 is 4.11 Å². The first-order chi connectivity index (χ1) is 7.87. The summed E-state index contributed by atoms with van der Waals surface area (Å²) >= 11 is 7.92. The maximum atomic E-state index is 7.17. The third-order valence-corrected chi connectivity index (χ3v) is 2.87. The molecule has 2 aromatic heterocycles. The van der Waals surface area contributed by atoms with Crippen LogP contribution in [0.25, 0.3) is 10.8 Å². The average Bonchev–Trinajstić information content (AvgIpc) is 2.21. The summed E-state index contributed by atoms with van der Waals surface area (Å²) < 4.78 is 22.4. The topological polar surface area (TPSA) is 37.8 Å². The van der Waals surface area contributed by atoms with Crippen molar-refractivity contribution >= 4 is 50.8 Å². The van der Waals surface area contributed by atoms with Crippen LogP contribution in [0.4, 0.5) is 5.82 Å². The maximum Gasteiger partial charge on any atom is 0.135 e. The number of fused-ring (bicyclic) bond motifs is 1. The molecule has 2 heterocycles. The van der Waals surface area contributed by atoms with Gasteiger partial charge in [0.25, 0.3) is 0 Å². The van der Waals surface area contributed by atoms with Gasteiger partial charge in [0.15, 0.2) is 0 Å². The van der Waals surface area contributed by atoms with Gasteiger partial charge in [0.2, 0.25) is 0 Å². The van der Waals surface area contributed by atoms with E-state index in [9.17, 15) is 0 Å². The van der Waals surface area contributed by atoms with Gasteiger partial charge in [-0.1, -0.05) is 11.6 Å². The molecule has 0 spiro atoms. The lowest BCUT2D eigenvalue weighted by molar-refractivity contribution is 1.28. The predicted octanol–water partition coefficient (Wildman–Crippen LogP) is 2.93. The van der Waals surface area contributed by atoms with Gasteiger partial charge in [-0.3, -0.25) is 0 Å². The van der Waals surface area contributed by atoms with Gasteiger partial charge in [0, 0.05) is 37.8 Å². The second kappa shape index (κ2) is 3.86. The van der Waals surface area contributed by atoms with Crippen LogP contribution in [0.2, 0.25) is 5.15 Å². The van der Waals surface area contributed by atoms with Crippen LogP contribution >= 0.6 is 34.2 Å². The molecule has 5 heteroatoms. The summed E-state index contributed by atoms with van der Waals surface area (Å²) in [5.41, 5.74) is 0. The average molecular weight is 323 g/mol. The highest BCUT2D eigenvalue weighted by atomic mass is 127. The van der Waals surface area contributed by atoms with Crippen molar-refractivity contribution in [1.29, 1.82) is 0 Å². The van der Waals surface area contributed by atoms with Crippen molar-refractivity contribution in [1.82, 2.24) is 9.97 Å². The lowest BCUT2D eigenvalue weighted by Crippen LogP contribution is -1.95. The molecule has 0 amide bonds. The summed E-state index contributed by atoms with van der Waals surface area (Å²) in [6.07, 6.45) is 3.11. The summed E-state index contributed by atoms with van der Waals surface area (Å²) in [6.45, 7) is -2.29. The lowest BCUT2D eigenvalue weighted by atomic mass is 10.2. The van der Waals surface area contributed by atoms with Gasteiger partial charge < -0.3 is 5.32 Å². The highest BCUT2D eigenvalue weighted by Crippen LogP contribution is 2.26. The third-order valence-electron chi connectivity index (χ3n) is 1.81. The van der Waals surface area contributed by atoms with Crippen molar-refractivity contribution in [3.63, 3.8) is 0 Å². The zero-order chi connectivity index (χ0) is 12.6. The van der Waals surface area contributed by atoms with Crippen LogP contribution in [0.1, 0.15) is 4.11 Å². The molecule has 0 atom stereocenters. The summed E-state index contributed by atoms with van der Waals surface area (Å²) in [7, 11) is 0. The predicted molar refractivity (Wildman–Crippen MR) is 66.8 cm³/mol. The number of nitrogens with one attached hydrogen (secondary N) is 1. The minimum atomic E-state index is -2.29. The SMILES string of the molecule is [2H]C([2H])([2H])Nc1ncc(I)c2cc(Cl)ncc12. The molecule has 0 aromatic carbocycles. The van der Waals surface area contributed by atoms with E-state index < -0.39 is 6.98 Å². The van der Waals surface area contributed by atoms with E-state index in [-0.39, 0.29) is 5.82 Å². The number of aromatic nitrogens is 2. The number of rotatable bonds is 1. The smallest absolute Gasteiger partial charge is 0.135 e. The molecule has 14 heavy (non-hydrogen) atoms. The zero-order valence-corrected chi connectivity index (χ0v) is 9.80. The fourth-order valence-corrected chi connectivity index (χ4v) is 1.92. The Hall–Kier alpha value is -0.620. The summed E-state index contributed by atoms with van der Waals surface area (Å²) in [5, 5.41) is 4.20. The molecule has 1 N–H and O–H groups in total. The highest BCUT2D eigenvalue weighted by molar-refractivity contribution is 14.1. The number of hydrogen-bond acceptors (Lipinski definition) is 3. The van der Waals surface area contributed by atoms with Crippen molar-refractivity contribution in [3.8, 4) is 0 Å². The first-order valence-corrected chi connectivity index (χ1v) is 5.20. The number of pyridine rings is 2. The molecule has 0 aliphatic carbocycles. The minimum absolute atomic E-state index is 0.282. The third kappa shape index (κ3) is 1.64. The van der Waals surface area contributed by atoms with E-state index in [2.05, 4.69) is 37.9 Å². The Bertz CT molecular complexity index is 573. The van der Waals surface area contributed by atoms with Crippen molar-refractivity contribution in [3.05, 3.63) is 27.2 Å². The molecule has 0 saturated heterocycles. The van der Waals surface area contributed by atoms with Crippen molar-refractivity contribution in [2.75, 3.05) is 12.3 Å². The number of halogens is 2. The van der Waals surface area contributed by atoms with Gasteiger partial charge in [0.1, 0.15) is 11.0 Å². The molecule has 0 unspecified atom stereocenters. The fraction of sp³-hybridized carbons (Fsp3) is 0.111. The molecule has 3 nitrogen and oxygen atoms in total. The molecule has 72 valence electrons. The summed E-state index contributed by atoms with van der Waals surface area (Å²) in [6, 6.07) is 1.69. The fourth-order valence-electron chi connectivity index (χ4n) is 1.18. The molecular weight excluding hydrogens is 312 g/mol. The second-order valence-corrected chi connectivity index (χ2v) is 4.18. The van der Waals surface area contributed by atoms with Gasteiger partial charge in [0.05, 0.1) is 0 Å². The quantitative estimate of drug-likeness (QED) is 0.648. The molecule has 0 aliphatic rings. The molecule has 0 aliphatic heterocycles. The Morgan fingerprint density at radius 1 is 1.43 bits per heavy atom. The van der Waals surface area contributed by atoms with Crippen molar-refractivity contribution in [2.45, 2.75) is 0 Å². The molecule has 0 fully saturated rings. The van der Waals surface area contributed by atoms with E-state index in [0.717, 1.165) is 8.96 Å². The lowest BCUT2D eigenvalue weighted by Gasteiger charge is -2.05. The van der Waals surface area contributed by atoms with Crippen LogP contribution in [0.5, 0.6) is 0 Å². The van der Waals surface area contributed by atoms with Crippen molar-refractivity contribution in [2.24, 2.45) is 0 Å². The largest absolute Gasteiger partial charge is 0.373 e. The van der Waals surface area contributed by atoms with E-state index in [1.165, 1.54) is 6.20 Å². The summed E-state index contributed by atoms with van der Waals surface area (Å²) in [5.74, 6) is 0.282. The molecule has 2 aromatic rings. The Morgan fingerprint density at radius 2 is 2.29 bits per heavy atom. The second-order valence-electron chi connectivity index (χ2n) is 2.63. The van der Waals surface area contributed by atoms with E-state index in [1.807, 2.05) is 0 Å². The monoisotopic (exact) mass is 322 g/mol. The Labute approximate surface area is 104 Å². The summed E-state index contributed by atoms with van der Waals surface area (Å²) in [4.78, 5) is 8.00. The van der Waals surface area contributed by atoms with Gasteiger partial charge in [-0.2, -0.15) is 0 Å². The van der Waals surface area contributed by atoms with Crippen LogP contribution < -0.4 is 5.32 Å². The minimum Gasteiger partial charge on any atom is -0.373 e. The molecular formula is C9H7ClIN3. The van der Waals surface area contributed by atoms with E-state index >= 15 is 0 Å². The normalized spacial score (nSPS) is 14.6. The van der Waals surface area contributed by atoms with Gasteiger partial charge in [-0.05, 0) is 28.7 Å². The van der Waals surface area contributed by atoms with Crippen LogP contribution in [-0.4, -0.2) is 16.9 Å². The highest BCUT2D eigenvalue weighted by Gasteiger charge is 2.05. The van der Waals surface area contributed by atoms with Gasteiger partial charge in [-0.15, -0.1) is 0 Å². The molecule has 2 rings (SSSR count). The van der Waals surface area contributed by atoms with Crippen LogP contribution in [-0.2, 0) is 0 Å². The van der Waals surface area contributed by atoms with E-state index in [1.54, 1.807) is 12.3 Å². The standard InChI is InChI=1S/C9H7ClIN3/c1-12-9-6-3-13-8(10)2-5(6)7(11)4-14-9/h2-4H,1H3,(H,12,14)/i1D3. The van der Waals surface area contributed by atoms with E-state index in [0.29, 0.717) is 10.5 Å². The first kappa shape index (κ1) is 6.79. The Morgan fingerprint density at radius 3 is 3.07 bits per heavy atom. The number of anilines is 1. The van der Waals surface area contributed by atoms with Gasteiger partial charge >= 0.3 is 0 Å².